The molecule has 0 aromatic heterocycles. The van der Waals surface area contributed by atoms with Crippen LogP contribution in [0.15, 0.2) is 77.7 Å². The van der Waals surface area contributed by atoms with E-state index in [2.05, 4.69) is 5.32 Å². The molecule has 1 fully saturated rings. The van der Waals surface area contributed by atoms with Crippen LogP contribution in [0.2, 0.25) is 5.02 Å². The number of piperidine rings is 1. The molecule has 1 amide bonds. The molecule has 6 nitrogen and oxygen atoms in total. The van der Waals surface area contributed by atoms with Crippen molar-refractivity contribution >= 4 is 33.2 Å². The lowest BCUT2D eigenvalue weighted by Crippen LogP contribution is -2.35. The molecule has 172 valence electrons. The first-order chi connectivity index (χ1) is 15.9. The maximum atomic E-state index is 12.9. The number of carbonyl (C=O) groups excluding carboxylic acids is 1. The van der Waals surface area contributed by atoms with Crippen LogP contribution >= 0.6 is 11.6 Å². The minimum Gasteiger partial charge on any atom is -0.484 e. The largest absolute Gasteiger partial charge is 0.484 e. The second kappa shape index (κ2) is 10.4. The molecule has 0 bridgehead atoms. The standard InChI is InChI=1S/C25H25ClN2O4S/c26-23-14-13-22(33(30,31)28-15-5-2-6-16-28)17-24(23)27-25(29)18-32-21-11-9-20(10-12-21)19-7-3-1-4-8-19/h1,3-4,7-14,17H,2,5-6,15-16,18H2,(H,27,29). The number of amides is 1. The Morgan fingerprint density at radius 1 is 0.909 bits per heavy atom. The molecular weight excluding hydrogens is 460 g/mol. The van der Waals surface area contributed by atoms with Crippen molar-refractivity contribution < 1.29 is 17.9 Å². The summed E-state index contributed by atoms with van der Waals surface area (Å²) in [5.41, 5.74) is 2.38. The summed E-state index contributed by atoms with van der Waals surface area (Å²) < 4.78 is 32.9. The number of sulfonamides is 1. The summed E-state index contributed by atoms with van der Waals surface area (Å²) in [7, 11) is -3.63. The molecule has 33 heavy (non-hydrogen) atoms. The summed E-state index contributed by atoms with van der Waals surface area (Å²) in [5, 5.41) is 2.91. The first-order valence-electron chi connectivity index (χ1n) is 10.8. The van der Waals surface area contributed by atoms with Gasteiger partial charge in [-0.2, -0.15) is 4.31 Å². The van der Waals surface area contributed by atoms with E-state index in [1.54, 1.807) is 12.1 Å². The van der Waals surface area contributed by atoms with Crippen molar-refractivity contribution in [2.24, 2.45) is 0 Å². The van der Waals surface area contributed by atoms with Crippen LogP contribution in [0.5, 0.6) is 5.75 Å². The first-order valence-corrected chi connectivity index (χ1v) is 12.6. The van der Waals surface area contributed by atoms with E-state index in [-0.39, 0.29) is 22.2 Å². The zero-order valence-corrected chi connectivity index (χ0v) is 19.6. The van der Waals surface area contributed by atoms with E-state index in [4.69, 9.17) is 16.3 Å². The Morgan fingerprint density at radius 3 is 2.27 bits per heavy atom. The highest BCUT2D eigenvalue weighted by molar-refractivity contribution is 7.89. The van der Waals surface area contributed by atoms with Crippen LogP contribution in [-0.2, 0) is 14.8 Å². The monoisotopic (exact) mass is 484 g/mol. The molecule has 1 N–H and O–H groups in total. The van der Waals surface area contributed by atoms with Crippen LogP contribution in [0, 0.1) is 0 Å². The number of hydrogen-bond acceptors (Lipinski definition) is 4. The van der Waals surface area contributed by atoms with Crippen molar-refractivity contribution in [3.8, 4) is 16.9 Å². The molecule has 4 rings (SSSR count). The Labute approximate surface area is 199 Å². The van der Waals surface area contributed by atoms with Gasteiger partial charge >= 0.3 is 0 Å². The Morgan fingerprint density at radius 2 is 1.58 bits per heavy atom. The molecule has 1 aliphatic rings. The van der Waals surface area contributed by atoms with E-state index < -0.39 is 15.9 Å². The number of hydrogen-bond donors (Lipinski definition) is 1. The van der Waals surface area contributed by atoms with Gasteiger partial charge in [0.05, 0.1) is 15.6 Å². The van der Waals surface area contributed by atoms with Crippen LogP contribution in [0.1, 0.15) is 19.3 Å². The summed E-state index contributed by atoms with van der Waals surface area (Å²) in [6, 6.07) is 21.8. The number of carbonyl (C=O) groups is 1. The highest BCUT2D eigenvalue weighted by atomic mass is 35.5. The molecule has 3 aromatic rings. The summed E-state index contributed by atoms with van der Waals surface area (Å²) >= 11 is 6.21. The van der Waals surface area contributed by atoms with Gasteiger partial charge in [-0.15, -0.1) is 0 Å². The van der Waals surface area contributed by atoms with Gasteiger partial charge in [-0.3, -0.25) is 4.79 Å². The van der Waals surface area contributed by atoms with Gasteiger partial charge in [0.2, 0.25) is 10.0 Å². The molecule has 0 spiro atoms. The zero-order chi connectivity index (χ0) is 23.3. The molecule has 8 heteroatoms. The van der Waals surface area contributed by atoms with E-state index >= 15 is 0 Å². The normalized spacial score (nSPS) is 14.6. The van der Waals surface area contributed by atoms with E-state index in [0.717, 1.165) is 30.4 Å². The minimum absolute atomic E-state index is 0.113. The van der Waals surface area contributed by atoms with Gasteiger partial charge in [0, 0.05) is 13.1 Å². The Bertz CT molecular complexity index is 1210. The molecule has 1 aliphatic heterocycles. The average molecular weight is 485 g/mol. The van der Waals surface area contributed by atoms with Gasteiger partial charge in [-0.05, 0) is 54.3 Å². The minimum atomic E-state index is -3.63. The molecule has 0 atom stereocenters. The lowest BCUT2D eigenvalue weighted by Gasteiger charge is -2.26. The van der Waals surface area contributed by atoms with Gasteiger partial charge in [-0.1, -0.05) is 60.5 Å². The van der Waals surface area contributed by atoms with Gasteiger partial charge in [0.25, 0.3) is 5.91 Å². The van der Waals surface area contributed by atoms with E-state index in [1.807, 2.05) is 42.5 Å². The number of benzene rings is 3. The van der Waals surface area contributed by atoms with Gasteiger partial charge in [-0.25, -0.2) is 8.42 Å². The average Bonchev–Trinajstić information content (AvgIpc) is 2.85. The van der Waals surface area contributed by atoms with Crippen molar-refractivity contribution in [3.63, 3.8) is 0 Å². The summed E-state index contributed by atoms with van der Waals surface area (Å²) in [6.07, 6.45) is 2.73. The molecule has 1 saturated heterocycles. The number of nitrogens with one attached hydrogen (secondary N) is 1. The molecular formula is C25H25ClN2O4S. The predicted molar refractivity (Wildman–Crippen MR) is 130 cm³/mol. The number of ether oxygens (including phenoxy) is 1. The van der Waals surface area contributed by atoms with Crippen LogP contribution in [0.3, 0.4) is 0 Å². The third kappa shape index (κ3) is 5.74. The summed E-state index contributed by atoms with van der Waals surface area (Å²) in [4.78, 5) is 12.5. The van der Waals surface area contributed by atoms with Crippen LogP contribution in [0.25, 0.3) is 11.1 Å². The molecule has 0 unspecified atom stereocenters. The third-order valence-electron chi connectivity index (χ3n) is 5.50. The summed E-state index contributed by atoms with van der Waals surface area (Å²) in [5.74, 6) is 0.119. The van der Waals surface area contributed by atoms with E-state index in [0.29, 0.717) is 18.8 Å². The van der Waals surface area contributed by atoms with Crippen molar-refractivity contribution in [2.75, 3.05) is 25.0 Å². The zero-order valence-electron chi connectivity index (χ0n) is 18.0. The van der Waals surface area contributed by atoms with Crippen LogP contribution < -0.4 is 10.1 Å². The number of anilines is 1. The highest BCUT2D eigenvalue weighted by Crippen LogP contribution is 2.28. The maximum Gasteiger partial charge on any atom is 0.262 e. The third-order valence-corrected chi connectivity index (χ3v) is 7.72. The second-order valence-corrected chi connectivity index (χ2v) is 10.2. The highest BCUT2D eigenvalue weighted by Gasteiger charge is 2.26. The lowest BCUT2D eigenvalue weighted by atomic mass is 10.1. The van der Waals surface area contributed by atoms with Crippen LogP contribution in [-0.4, -0.2) is 38.3 Å². The predicted octanol–water partition coefficient (Wildman–Crippen LogP) is 5.20. The molecule has 0 saturated carbocycles. The van der Waals surface area contributed by atoms with Crippen LogP contribution in [0.4, 0.5) is 5.69 Å². The van der Waals surface area contributed by atoms with Gasteiger partial charge < -0.3 is 10.1 Å². The number of nitrogens with zero attached hydrogens (tertiary/aromatic N) is 1. The van der Waals surface area contributed by atoms with Gasteiger partial charge in [0.15, 0.2) is 6.61 Å². The van der Waals surface area contributed by atoms with Crippen molar-refractivity contribution in [2.45, 2.75) is 24.2 Å². The lowest BCUT2D eigenvalue weighted by molar-refractivity contribution is -0.118. The smallest absolute Gasteiger partial charge is 0.262 e. The quantitative estimate of drug-likeness (QED) is 0.500. The molecule has 1 heterocycles. The summed E-state index contributed by atoms with van der Waals surface area (Å²) in [6.45, 7) is 0.775. The molecule has 0 aliphatic carbocycles. The SMILES string of the molecule is O=C(COc1ccc(-c2ccccc2)cc1)Nc1cc(S(=O)(=O)N2CCCCC2)ccc1Cl. The Kier molecular flexibility index (Phi) is 7.33. The first kappa shape index (κ1) is 23.3. The van der Waals surface area contributed by atoms with Gasteiger partial charge in [0.1, 0.15) is 5.75 Å². The molecule has 0 radical (unpaired) electrons. The number of halogens is 1. The fraction of sp³-hybridized carbons (Fsp3) is 0.240. The fourth-order valence-corrected chi connectivity index (χ4v) is 5.43. The Balaban J connectivity index is 1.39. The van der Waals surface area contributed by atoms with E-state index in [9.17, 15) is 13.2 Å². The maximum absolute atomic E-state index is 12.9. The number of rotatable bonds is 7. The van der Waals surface area contributed by atoms with Crippen molar-refractivity contribution in [1.29, 1.82) is 0 Å². The Hall–Kier alpha value is -2.87. The fourth-order valence-electron chi connectivity index (χ4n) is 3.72. The van der Waals surface area contributed by atoms with E-state index in [1.165, 1.54) is 22.5 Å². The molecule has 3 aromatic carbocycles. The van der Waals surface area contributed by atoms with Crippen molar-refractivity contribution in [3.05, 3.63) is 77.8 Å². The van der Waals surface area contributed by atoms with Crippen molar-refractivity contribution in [1.82, 2.24) is 4.31 Å². The second-order valence-electron chi connectivity index (χ2n) is 7.83. The topological polar surface area (TPSA) is 75.7 Å².